The zero-order valence-corrected chi connectivity index (χ0v) is 23.2. The highest BCUT2D eigenvalue weighted by atomic mass is 16.5. The van der Waals surface area contributed by atoms with Gasteiger partial charge in [-0.3, -0.25) is 9.59 Å². The number of carbonyl (C=O) groups excluding carboxylic acids is 2. The van der Waals surface area contributed by atoms with Gasteiger partial charge in [0.05, 0.1) is 12.4 Å². The van der Waals surface area contributed by atoms with Crippen molar-refractivity contribution in [3.63, 3.8) is 0 Å². The van der Waals surface area contributed by atoms with E-state index in [1.807, 2.05) is 0 Å². The van der Waals surface area contributed by atoms with E-state index in [0.717, 1.165) is 43.9 Å². The lowest BCUT2D eigenvalue weighted by Gasteiger charge is -2.58. The smallest absolute Gasteiger partial charge is 0.302 e. The number of hydrogen-bond acceptors (Lipinski definition) is 5. The van der Waals surface area contributed by atoms with Crippen molar-refractivity contribution < 1.29 is 23.8 Å². The van der Waals surface area contributed by atoms with Crippen molar-refractivity contribution >= 4 is 11.9 Å². The lowest BCUT2D eigenvalue weighted by molar-refractivity contribution is -0.148. The fourth-order valence-corrected chi connectivity index (χ4v) is 9.27. The van der Waals surface area contributed by atoms with Gasteiger partial charge in [0, 0.05) is 32.6 Å². The maximum Gasteiger partial charge on any atom is 0.302 e. The molecule has 5 rings (SSSR count). The molecule has 0 amide bonds. The molecule has 0 radical (unpaired) electrons. The normalized spacial score (nSPS) is 41.8. The summed E-state index contributed by atoms with van der Waals surface area (Å²) in [7, 11) is 0. The zero-order valence-electron chi connectivity index (χ0n) is 23.2. The van der Waals surface area contributed by atoms with Gasteiger partial charge in [-0.2, -0.15) is 0 Å². The minimum Gasteiger partial charge on any atom is -0.494 e. The van der Waals surface area contributed by atoms with E-state index in [9.17, 15) is 9.59 Å². The van der Waals surface area contributed by atoms with Crippen LogP contribution >= 0.6 is 0 Å². The molecular formula is C31H46O5. The number of fused-ring (bicyclic) bond motifs is 7. The Kier molecular flexibility index (Phi) is 6.83. The van der Waals surface area contributed by atoms with E-state index in [4.69, 9.17) is 14.2 Å². The molecule has 9 atom stereocenters. The average molecular weight is 499 g/mol. The van der Waals surface area contributed by atoms with Gasteiger partial charge in [0.2, 0.25) is 0 Å². The van der Waals surface area contributed by atoms with E-state index in [1.54, 1.807) is 5.57 Å². The second-order valence-electron chi connectivity index (χ2n) is 13.2. The molecule has 0 bridgehead atoms. The van der Waals surface area contributed by atoms with Crippen LogP contribution < -0.4 is 0 Å². The van der Waals surface area contributed by atoms with Crippen molar-refractivity contribution in [1.82, 2.24) is 0 Å². The second-order valence-corrected chi connectivity index (χ2v) is 13.2. The lowest BCUT2D eigenvalue weighted by Crippen LogP contribution is -2.50. The lowest BCUT2D eigenvalue weighted by atomic mass is 9.47. The van der Waals surface area contributed by atoms with Crippen molar-refractivity contribution in [2.45, 2.75) is 112 Å². The Bertz CT molecular complexity index is 964. The van der Waals surface area contributed by atoms with Crippen LogP contribution in [-0.2, 0) is 23.8 Å². The monoisotopic (exact) mass is 498 g/mol. The molecule has 36 heavy (non-hydrogen) atoms. The molecule has 3 fully saturated rings. The highest BCUT2D eigenvalue weighted by Gasteiger charge is 2.63. The van der Waals surface area contributed by atoms with Crippen molar-refractivity contribution in [1.29, 1.82) is 0 Å². The molecule has 0 aromatic heterocycles. The predicted molar refractivity (Wildman–Crippen MR) is 139 cm³/mol. The standard InChI is InChI=1S/C31H46O5/c1-18(17-34-20(3)32)7-10-27-19(2)29-28(36-27)16-26-24-9-8-22-15-23(35-21(4)33)11-13-30(22,5)25(24)12-14-31(26,29)6/h8,18,23-26,28-29H,7,9-17H2,1-6H3/t18?,23-,24?,25?,26?,28-,29?,30-,31-/m0/s1. The third-order valence-corrected chi connectivity index (χ3v) is 11.0. The molecule has 0 aromatic carbocycles. The Labute approximate surface area is 217 Å². The molecule has 3 saturated carbocycles. The first-order chi connectivity index (χ1) is 17.0. The minimum absolute atomic E-state index is 0.0643. The Morgan fingerprint density at radius 3 is 2.64 bits per heavy atom. The first-order valence-electron chi connectivity index (χ1n) is 14.4. The molecule has 5 heteroatoms. The maximum atomic E-state index is 11.5. The van der Waals surface area contributed by atoms with Crippen LogP contribution in [0, 0.1) is 40.4 Å². The first-order valence-corrected chi connectivity index (χ1v) is 14.4. The van der Waals surface area contributed by atoms with Gasteiger partial charge in [-0.15, -0.1) is 0 Å². The maximum absolute atomic E-state index is 11.5. The number of esters is 2. The quantitative estimate of drug-likeness (QED) is 0.299. The van der Waals surface area contributed by atoms with E-state index in [2.05, 4.69) is 33.8 Å². The predicted octanol–water partition coefficient (Wildman–Crippen LogP) is 6.76. The van der Waals surface area contributed by atoms with Crippen LogP contribution in [0.15, 0.2) is 23.0 Å². The third kappa shape index (κ3) is 4.32. The van der Waals surface area contributed by atoms with E-state index in [1.165, 1.54) is 50.9 Å². The van der Waals surface area contributed by atoms with E-state index in [-0.39, 0.29) is 23.5 Å². The molecule has 0 saturated heterocycles. The highest BCUT2D eigenvalue weighted by Crippen LogP contribution is 2.69. The molecule has 0 N–H and O–H groups in total. The number of rotatable bonds is 6. The van der Waals surface area contributed by atoms with Gasteiger partial charge in [-0.05, 0) is 91.9 Å². The Morgan fingerprint density at radius 2 is 1.92 bits per heavy atom. The summed E-state index contributed by atoms with van der Waals surface area (Å²) in [6, 6.07) is 0. The molecule has 5 nitrogen and oxygen atoms in total. The van der Waals surface area contributed by atoms with Crippen LogP contribution in [0.25, 0.3) is 0 Å². The van der Waals surface area contributed by atoms with Crippen LogP contribution in [-0.4, -0.2) is 30.8 Å². The van der Waals surface area contributed by atoms with Crippen molar-refractivity contribution in [3.05, 3.63) is 23.0 Å². The molecule has 200 valence electrons. The molecule has 5 unspecified atom stereocenters. The summed E-state index contributed by atoms with van der Waals surface area (Å²) in [5.74, 6) is 3.93. The van der Waals surface area contributed by atoms with Crippen LogP contribution in [0.4, 0.5) is 0 Å². The van der Waals surface area contributed by atoms with Crippen LogP contribution in [0.3, 0.4) is 0 Å². The number of allylic oxidation sites excluding steroid dienone is 2. The van der Waals surface area contributed by atoms with Crippen LogP contribution in [0.2, 0.25) is 0 Å². The molecule has 0 aromatic rings. The van der Waals surface area contributed by atoms with Gasteiger partial charge in [-0.1, -0.05) is 32.4 Å². The Morgan fingerprint density at radius 1 is 1.14 bits per heavy atom. The molecule has 5 aliphatic rings. The summed E-state index contributed by atoms with van der Waals surface area (Å²) in [5, 5.41) is 0. The van der Waals surface area contributed by atoms with Crippen molar-refractivity contribution in [2.24, 2.45) is 40.4 Å². The average Bonchev–Trinajstić information content (AvgIpc) is 3.29. The van der Waals surface area contributed by atoms with E-state index >= 15 is 0 Å². The van der Waals surface area contributed by atoms with Gasteiger partial charge >= 0.3 is 11.9 Å². The van der Waals surface area contributed by atoms with E-state index < -0.39 is 0 Å². The zero-order chi connectivity index (χ0) is 25.8. The number of carbonyl (C=O) groups is 2. The van der Waals surface area contributed by atoms with Gasteiger partial charge in [0.1, 0.15) is 12.2 Å². The summed E-state index contributed by atoms with van der Waals surface area (Å²) in [6.07, 6.45) is 12.9. The molecule has 1 heterocycles. The van der Waals surface area contributed by atoms with Crippen molar-refractivity contribution in [2.75, 3.05) is 6.61 Å². The molecule has 1 aliphatic heterocycles. The van der Waals surface area contributed by atoms with E-state index in [0.29, 0.717) is 35.9 Å². The van der Waals surface area contributed by atoms with Gasteiger partial charge in [0.15, 0.2) is 0 Å². The number of ether oxygens (including phenoxy) is 3. The van der Waals surface area contributed by atoms with Crippen LogP contribution in [0.5, 0.6) is 0 Å². The number of hydrogen-bond donors (Lipinski definition) is 0. The summed E-state index contributed by atoms with van der Waals surface area (Å²) in [4.78, 5) is 22.7. The largest absolute Gasteiger partial charge is 0.494 e. The Balaban J connectivity index is 1.29. The first kappa shape index (κ1) is 25.9. The Hall–Kier alpha value is -1.78. The molecule has 4 aliphatic carbocycles. The SMILES string of the molecule is CC(=O)OCC(C)CCC1=C(C)C2[C@H](CC3C4CC=C5C[C@@H](OC(C)=O)CC[C@]5(C)C4CC[C@@]32C)O1. The summed E-state index contributed by atoms with van der Waals surface area (Å²) in [6.45, 7) is 13.1. The molecular weight excluding hydrogens is 452 g/mol. The third-order valence-electron chi connectivity index (χ3n) is 11.0. The molecule has 0 spiro atoms. The minimum atomic E-state index is -0.200. The van der Waals surface area contributed by atoms with Gasteiger partial charge in [0.25, 0.3) is 0 Å². The topological polar surface area (TPSA) is 61.8 Å². The summed E-state index contributed by atoms with van der Waals surface area (Å²) < 4.78 is 17.5. The van der Waals surface area contributed by atoms with Gasteiger partial charge < -0.3 is 14.2 Å². The van der Waals surface area contributed by atoms with Crippen molar-refractivity contribution in [3.8, 4) is 0 Å². The fraction of sp³-hybridized carbons (Fsp3) is 0.806. The summed E-state index contributed by atoms with van der Waals surface area (Å²) >= 11 is 0. The summed E-state index contributed by atoms with van der Waals surface area (Å²) in [5.41, 5.74) is 3.62. The fourth-order valence-electron chi connectivity index (χ4n) is 9.27. The second kappa shape index (κ2) is 9.51. The highest BCUT2D eigenvalue weighted by molar-refractivity contribution is 5.66. The van der Waals surface area contributed by atoms with Crippen LogP contribution in [0.1, 0.15) is 99.3 Å². The van der Waals surface area contributed by atoms with Gasteiger partial charge in [-0.25, -0.2) is 0 Å².